The Morgan fingerprint density at radius 3 is 2.68 bits per heavy atom. The van der Waals surface area contributed by atoms with Crippen molar-refractivity contribution in [3.63, 3.8) is 0 Å². The van der Waals surface area contributed by atoms with Gasteiger partial charge in [-0.25, -0.2) is 9.97 Å². The highest BCUT2D eigenvalue weighted by Crippen LogP contribution is 2.21. The Morgan fingerprint density at radius 1 is 1.21 bits per heavy atom. The molecule has 0 saturated heterocycles. The molecule has 1 atom stereocenters. The molecule has 0 aliphatic carbocycles. The lowest BCUT2D eigenvalue weighted by Crippen LogP contribution is -2.15. The average molecular weight is 380 g/mol. The third-order valence-corrected chi connectivity index (χ3v) is 4.33. The van der Waals surface area contributed by atoms with Crippen LogP contribution >= 0.6 is 0 Å². The van der Waals surface area contributed by atoms with Gasteiger partial charge >= 0.3 is 5.97 Å². The van der Waals surface area contributed by atoms with E-state index in [1.165, 1.54) is 13.4 Å². The minimum Gasteiger partial charge on any atom is -0.496 e. The number of nitrogen functional groups attached to an aromatic ring is 1. The van der Waals surface area contributed by atoms with Gasteiger partial charge in [-0.3, -0.25) is 9.59 Å². The normalized spacial score (nSPS) is 11.8. The summed E-state index contributed by atoms with van der Waals surface area (Å²) in [6.07, 6.45) is 4.81. The number of carboxylic acid groups (broad SMARTS) is 1. The average Bonchev–Trinajstić information content (AvgIpc) is 3.15. The third-order valence-electron chi connectivity index (χ3n) is 4.33. The number of pyridine rings is 1. The monoisotopic (exact) mass is 380 g/mol. The number of ether oxygens (including phenoxy) is 1. The Hall–Kier alpha value is -3.68. The third kappa shape index (κ3) is 4.35. The van der Waals surface area contributed by atoms with Crippen LogP contribution in [0.5, 0.6) is 5.75 Å². The van der Waals surface area contributed by atoms with Gasteiger partial charge in [0.1, 0.15) is 17.5 Å². The molecule has 2 aromatic heterocycles. The Labute approximate surface area is 161 Å². The molecule has 3 aromatic rings. The van der Waals surface area contributed by atoms with Gasteiger partial charge in [0.2, 0.25) is 0 Å². The van der Waals surface area contributed by atoms with Gasteiger partial charge < -0.3 is 20.1 Å². The first kappa shape index (κ1) is 19.1. The van der Waals surface area contributed by atoms with E-state index in [1.54, 1.807) is 53.4 Å². The SMILES string of the molecule is COc1ccccc1C(=O)Cn1cnc(C(Cc2ccc(N)nc2)C(=O)O)c1. The lowest BCUT2D eigenvalue weighted by Gasteiger charge is -2.10. The number of carbonyl (C=O) groups is 2. The second-order valence-electron chi connectivity index (χ2n) is 6.28. The van der Waals surface area contributed by atoms with Crippen molar-refractivity contribution >= 4 is 17.6 Å². The van der Waals surface area contributed by atoms with Crippen LogP contribution in [0.15, 0.2) is 55.1 Å². The number of ketones is 1. The number of nitrogens with two attached hydrogens (primary N) is 1. The summed E-state index contributed by atoms with van der Waals surface area (Å²) in [5.41, 5.74) is 7.13. The van der Waals surface area contributed by atoms with Crippen molar-refractivity contribution in [2.45, 2.75) is 18.9 Å². The van der Waals surface area contributed by atoms with Crippen LogP contribution in [0.25, 0.3) is 0 Å². The predicted molar refractivity (Wildman–Crippen MR) is 102 cm³/mol. The maximum absolute atomic E-state index is 12.6. The Bertz CT molecular complexity index is 982. The van der Waals surface area contributed by atoms with Gasteiger partial charge in [-0.1, -0.05) is 18.2 Å². The molecule has 0 amide bonds. The molecule has 0 bridgehead atoms. The largest absolute Gasteiger partial charge is 0.496 e. The van der Waals surface area contributed by atoms with E-state index in [2.05, 4.69) is 9.97 Å². The minimum absolute atomic E-state index is 0.0309. The number of Topliss-reactive ketones (excluding diaryl/α,β-unsaturated/α-hetero) is 1. The van der Waals surface area contributed by atoms with Crippen LogP contribution in [0.4, 0.5) is 5.82 Å². The molecule has 144 valence electrons. The molecule has 3 rings (SSSR count). The van der Waals surface area contributed by atoms with Crippen molar-refractivity contribution in [3.05, 3.63) is 71.9 Å². The Morgan fingerprint density at radius 2 is 2.00 bits per heavy atom. The fourth-order valence-electron chi connectivity index (χ4n) is 2.88. The maximum Gasteiger partial charge on any atom is 0.312 e. The zero-order valence-electron chi connectivity index (χ0n) is 15.3. The number of hydrogen-bond acceptors (Lipinski definition) is 6. The summed E-state index contributed by atoms with van der Waals surface area (Å²) in [5, 5.41) is 9.60. The van der Waals surface area contributed by atoms with Gasteiger partial charge in [0.15, 0.2) is 5.78 Å². The van der Waals surface area contributed by atoms with E-state index >= 15 is 0 Å². The van der Waals surface area contributed by atoms with Crippen molar-refractivity contribution in [3.8, 4) is 5.75 Å². The summed E-state index contributed by atoms with van der Waals surface area (Å²) in [4.78, 5) is 32.5. The molecule has 0 aliphatic heterocycles. The maximum atomic E-state index is 12.6. The van der Waals surface area contributed by atoms with E-state index in [-0.39, 0.29) is 18.7 Å². The first-order chi connectivity index (χ1) is 13.5. The fourth-order valence-corrected chi connectivity index (χ4v) is 2.88. The molecule has 8 heteroatoms. The van der Waals surface area contributed by atoms with E-state index in [4.69, 9.17) is 10.5 Å². The van der Waals surface area contributed by atoms with Crippen LogP contribution in [0.3, 0.4) is 0 Å². The van der Waals surface area contributed by atoms with Gasteiger partial charge in [0.25, 0.3) is 0 Å². The lowest BCUT2D eigenvalue weighted by molar-refractivity contribution is -0.138. The molecule has 0 fully saturated rings. The molecule has 0 spiro atoms. The Balaban J connectivity index is 1.76. The highest BCUT2D eigenvalue weighted by Gasteiger charge is 2.23. The summed E-state index contributed by atoms with van der Waals surface area (Å²) in [5.74, 6) is -1.15. The molecule has 8 nitrogen and oxygen atoms in total. The molecule has 2 heterocycles. The van der Waals surface area contributed by atoms with Crippen LogP contribution in [-0.2, 0) is 17.8 Å². The fraction of sp³-hybridized carbons (Fsp3) is 0.200. The first-order valence-electron chi connectivity index (χ1n) is 8.59. The summed E-state index contributed by atoms with van der Waals surface area (Å²) < 4.78 is 6.79. The number of carboxylic acids is 1. The zero-order chi connectivity index (χ0) is 20.1. The number of aromatic nitrogens is 3. The molecule has 0 radical (unpaired) electrons. The number of carbonyl (C=O) groups excluding carboxylic acids is 1. The quantitative estimate of drug-likeness (QED) is 0.575. The van der Waals surface area contributed by atoms with Gasteiger partial charge in [-0.15, -0.1) is 0 Å². The molecule has 28 heavy (non-hydrogen) atoms. The van der Waals surface area contributed by atoms with Gasteiger partial charge in [-0.2, -0.15) is 0 Å². The number of anilines is 1. The summed E-state index contributed by atoms with van der Waals surface area (Å²) in [7, 11) is 1.50. The molecule has 0 saturated carbocycles. The first-order valence-corrected chi connectivity index (χ1v) is 8.59. The number of methoxy groups -OCH3 is 1. The number of rotatable bonds is 8. The smallest absolute Gasteiger partial charge is 0.312 e. The van der Waals surface area contributed by atoms with Gasteiger partial charge in [-0.05, 0) is 30.2 Å². The number of nitrogens with zero attached hydrogens (tertiary/aromatic N) is 3. The summed E-state index contributed by atoms with van der Waals surface area (Å²) in [6.45, 7) is 0.0309. The van der Waals surface area contributed by atoms with Crippen LogP contribution in [0, 0.1) is 0 Å². The van der Waals surface area contributed by atoms with E-state index < -0.39 is 11.9 Å². The molecular formula is C20H20N4O4. The van der Waals surface area contributed by atoms with E-state index in [9.17, 15) is 14.7 Å². The number of hydrogen-bond donors (Lipinski definition) is 2. The summed E-state index contributed by atoms with van der Waals surface area (Å²) in [6, 6.07) is 10.3. The van der Waals surface area contributed by atoms with E-state index in [1.807, 2.05) is 0 Å². The van der Waals surface area contributed by atoms with Gasteiger partial charge in [0, 0.05) is 12.4 Å². The van der Waals surface area contributed by atoms with Crippen LogP contribution < -0.4 is 10.5 Å². The predicted octanol–water partition coefficient (Wildman–Crippen LogP) is 2.16. The number of aliphatic carboxylic acids is 1. The molecule has 0 aliphatic rings. The Kier molecular flexibility index (Phi) is 5.69. The number of para-hydroxylation sites is 1. The molecule has 3 N–H and O–H groups in total. The van der Waals surface area contributed by atoms with E-state index in [0.29, 0.717) is 22.8 Å². The number of imidazole rings is 1. The lowest BCUT2D eigenvalue weighted by atomic mass is 9.98. The molecular weight excluding hydrogens is 360 g/mol. The van der Waals surface area contributed by atoms with E-state index in [0.717, 1.165) is 5.56 Å². The van der Waals surface area contributed by atoms with Crippen molar-refractivity contribution in [1.82, 2.24) is 14.5 Å². The van der Waals surface area contributed by atoms with Crippen molar-refractivity contribution in [2.75, 3.05) is 12.8 Å². The second-order valence-corrected chi connectivity index (χ2v) is 6.28. The van der Waals surface area contributed by atoms with Crippen LogP contribution in [-0.4, -0.2) is 38.5 Å². The molecule has 1 unspecified atom stereocenters. The highest BCUT2D eigenvalue weighted by molar-refractivity contribution is 5.98. The number of benzene rings is 1. The minimum atomic E-state index is -1.00. The van der Waals surface area contributed by atoms with Crippen LogP contribution in [0.2, 0.25) is 0 Å². The zero-order valence-corrected chi connectivity index (χ0v) is 15.3. The van der Waals surface area contributed by atoms with Crippen molar-refractivity contribution < 1.29 is 19.4 Å². The van der Waals surface area contributed by atoms with Crippen molar-refractivity contribution in [2.24, 2.45) is 0 Å². The highest BCUT2D eigenvalue weighted by atomic mass is 16.5. The standard InChI is InChI=1S/C20H20N4O4/c1-28-18-5-3-2-4-14(18)17(25)11-24-10-16(23-12-24)15(20(26)27)8-13-6-7-19(21)22-9-13/h2-7,9-10,12,15H,8,11H2,1H3,(H2,21,22)(H,26,27). The molecule has 1 aromatic carbocycles. The van der Waals surface area contributed by atoms with Crippen molar-refractivity contribution in [1.29, 1.82) is 0 Å². The second kappa shape index (κ2) is 8.34. The van der Waals surface area contributed by atoms with Crippen LogP contribution in [0.1, 0.15) is 27.5 Å². The topological polar surface area (TPSA) is 120 Å². The van der Waals surface area contributed by atoms with Gasteiger partial charge in [0.05, 0.1) is 31.2 Å². The summed E-state index contributed by atoms with van der Waals surface area (Å²) >= 11 is 0.